The molecule has 4 heteroatoms. The number of methoxy groups -OCH3 is 1. The van der Waals surface area contributed by atoms with Crippen LogP contribution in [-0.2, 0) is 0 Å². The average molecular weight is 267 g/mol. The van der Waals surface area contributed by atoms with Crippen LogP contribution in [0.25, 0.3) is 10.9 Å². The molecule has 1 aromatic carbocycles. The molecule has 2 rings (SSSR count). The van der Waals surface area contributed by atoms with Crippen LogP contribution in [0.5, 0.6) is 5.75 Å². The molecule has 0 atom stereocenters. The Kier molecular flexibility index (Phi) is 2.77. The maximum absolute atomic E-state index is 5.27. The topological polar surface area (TPSA) is 34.1 Å². The van der Waals surface area contributed by atoms with Gasteiger partial charge in [0, 0.05) is 16.9 Å². The Bertz CT molecular complexity index is 499. The van der Waals surface area contributed by atoms with Crippen molar-refractivity contribution in [2.24, 2.45) is 0 Å². The maximum Gasteiger partial charge on any atom is 0.128 e. The molecule has 0 fully saturated rings. The van der Waals surface area contributed by atoms with Crippen molar-refractivity contribution in [2.45, 2.75) is 0 Å². The number of nitrogens with one attached hydrogen (secondary N) is 1. The highest BCUT2D eigenvalue weighted by atomic mass is 79.9. The number of rotatable bonds is 2. The first kappa shape index (κ1) is 10.2. The van der Waals surface area contributed by atoms with Crippen LogP contribution < -0.4 is 10.1 Å². The Balaban J connectivity index is 2.75. The molecule has 2 aromatic rings. The molecule has 0 aliphatic heterocycles. The fourth-order valence-electron chi connectivity index (χ4n) is 1.47. The summed E-state index contributed by atoms with van der Waals surface area (Å²) in [6.45, 7) is 0. The minimum absolute atomic E-state index is 0.836. The summed E-state index contributed by atoms with van der Waals surface area (Å²) in [6, 6.07) is 7.79. The van der Waals surface area contributed by atoms with Crippen molar-refractivity contribution in [1.29, 1.82) is 0 Å². The Morgan fingerprint density at radius 3 is 2.73 bits per heavy atom. The van der Waals surface area contributed by atoms with Gasteiger partial charge in [0.05, 0.1) is 12.6 Å². The van der Waals surface area contributed by atoms with Gasteiger partial charge in [0.2, 0.25) is 0 Å². The third-order valence-corrected chi connectivity index (χ3v) is 2.88. The molecule has 0 bridgehead atoms. The summed E-state index contributed by atoms with van der Waals surface area (Å²) >= 11 is 3.48. The van der Waals surface area contributed by atoms with E-state index < -0.39 is 0 Å². The number of hydrogen-bond acceptors (Lipinski definition) is 3. The molecule has 0 spiro atoms. The van der Waals surface area contributed by atoms with Gasteiger partial charge in [-0.25, -0.2) is 4.98 Å². The van der Waals surface area contributed by atoms with E-state index in [4.69, 9.17) is 4.74 Å². The molecule has 1 N–H and O–H groups in total. The fourth-order valence-corrected chi connectivity index (χ4v) is 1.91. The van der Waals surface area contributed by atoms with Crippen molar-refractivity contribution in [2.75, 3.05) is 19.5 Å². The molecule has 0 aliphatic carbocycles. The van der Waals surface area contributed by atoms with Gasteiger partial charge in [-0.2, -0.15) is 0 Å². The van der Waals surface area contributed by atoms with Gasteiger partial charge >= 0.3 is 0 Å². The van der Waals surface area contributed by atoms with Gasteiger partial charge in [-0.3, -0.25) is 0 Å². The largest absolute Gasteiger partial charge is 0.496 e. The van der Waals surface area contributed by atoms with Crippen molar-refractivity contribution in [1.82, 2.24) is 4.98 Å². The van der Waals surface area contributed by atoms with Crippen LogP contribution in [0.3, 0.4) is 0 Å². The quantitative estimate of drug-likeness (QED) is 0.908. The molecular formula is C11H11BrN2O. The molecule has 1 aromatic heterocycles. The lowest BCUT2D eigenvalue weighted by Gasteiger charge is -2.07. The van der Waals surface area contributed by atoms with E-state index in [1.54, 1.807) is 7.11 Å². The second kappa shape index (κ2) is 4.06. The maximum atomic E-state index is 5.27. The summed E-state index contributed by atoms with van der Waals surface area (Å²) in [6.07, 6.45) is 0. The zero-order valence-electron chi connectivity index (χ0n) is 8.54. The monoisotopic (exact) mass is 266 g/mol. The zero-order valence-corrected chi connectivity index (χ0v) is 10.1. The summed E-state index contributed by atoms with van der Waals surface area (Å²) in [5.41, 5.74) is 0.904. The van der Waals surface area contributed by atoms with Crippen molar-refractivity contribution < 1.29 is 4.74 Å². The van der Waals surface area contributed by atoms with Crippen molar-refractivity contribution in [3.63, 3.8) is 0 Å². The second-order valence-corrected chi connectivity index (χ2v) is 3.95. The smallest absolute Gasteiger partial charge is 0.128 e. The van der Waals surface area contributed by atoms with Gasteiger partial charge in [-0.1, -0.05) is 0 Å². The lowest BCUT2D eigenvalue weighted by Crippen LogP contribution is -1.93. The number of benzene rings is 1. The normalized spacial score (nSPS) is 10.3. The molecule has 0 unspecified atom stereocenters. The number of nitrogens with zero attached hydrogens (tertiary/aromatic N) is 1. The van der Waals surface area contributed by atoms with Gasteiger partial charge in [-0.05, 0) is 40.2 Å². The Morgan fingerprint density at radius 2 is 2.07 bits per heavy atom. The number of aromatic nitrogens is 1. The van der Waals surface area contributed by atoms with Gasteiger partial charge in [0.15, 0.2) is 0 Å². The minimum Gasteiger partial charge on any atom is -0.496 e. The van der Waals surface area contributed by atoms with E-state index in [2.05, 4.69) is 26.2 Å². The van der Waals surface area contributed by atoms with Crippen LogP contribution in [0.1, 0.15) is 0 Å². The minimum atomic E-state index is 0.836. The second-order valence-electron chi connectivity index (χ2n) is 3.09. The first-order chi connectivity index (χ1) is 7.26. The molecule has 15 heavy (non-hydrogen) atoms. The molecule has 0 aliphatic rings. The van der Waals surface area contributed by atoms with E-state index in [1.165, 1.54) is 0 Å². The molecule has 78 valence electrons. The fraction of sp³-hybridized carbons (Fsp3) is 0.182. The predicted molar refractivity (Wildman–Crippen MR) is 65.5 cm³/mol. The molecule has 0 saturated heterocycles. The Hall–Kier alpha value is -1.29. The number of halogens is 1. The van der Waals surface area contributed by atoms with E-state index >= 15 is 0 Å². The highest BCUT2D eigenvalue weighted by Crippen LogP contribution is 2.30. The molecule has 3 nitrogen and oxygen atoms in total. The van der Waals surface area contributed by atoms with E-state index in [-0.39, 0.29) is 0 Å². The van der Waals surface area contributed by atoms with Crippen LogP contribution in [-0.4, -0.2) is 19.1 Å². The van der Waals surface area contributed by atoms with Crippen LogP contribution in [0, 0.1) is 0 Å². The first-order valence-corrected chi connectivity index (χ1v) is 5.36. The predicted octanol–water partition coefficient (Wildman–Crippen LogP) is 3.05. The van der Waals surface area contributed by atoms with Gasteiger partial charge in [0.25, 0.3) is 0 Å². The standard InChI is InChI=1S/C11H11BrN2O/c1-13-10-6-3-7-9(15-2)5-4-8(12)11(7)14-10/h3-6H,1-2H3,(H,13,14). The van der Waals surface area contributed by atoms with Crippen molar-refractivity contribution in [3.05, 3.63) is 28.7 Å². The van der Waals surface area contributed by atoms with Gasteiger partial charge in [-0.15, -0.1) is 0 Å². The highest BCUT2D eigenvalue weighted by Gasteiger charge is 2.06. The van der Waals surface area contributed by atoms with Crippen molar-refractivity contribution in [3.8, 4) is 5.75 Å². The lowest BCUT2D eigenvalue weighted by atomic mass is 10.2. The van der Waals surface area contributed by atoms with Gasteiger partial charge in [0.1, 0.15) is 11.6 Å². The summed E-state index contributed by atoms with van der Waals surface area (Å²) < 4.78 is 6.24. The summed E-state index contributed by atoms with van der Waals surface area (Å²) in [4.78, 5) is 4.46. The molecular weight excluding hydrogens is 256 g/mol. The van der Waals surface area contributed by atoms with E-state index in [0.717, 1.165) is 26.9 Å². The molecule has 0 saturated carbocycles. The summed E-state index contributed by atoms with van der Waals surface area (Å²) in [5, 5.41) is 4.02. The van der Waals surface area contributed by atoms with Crippen LogP contribution in [0.4, 0.5) is 5.82 Å². The van der Waals surface area contributed by atoms with Crippen LogP contribution in [0.2, 0.25) is 0 Å². The lowest BCUT2D eigenvalue weighted by molar-refractivity contribution is 0.419. The van der Waals surface area contributed by atoms with Crippen LogP contribution in [0.15, 0.2) is 28.7 Å². The third kappa shape index (κ3) is 1.77. The highest BCUT2D eigenvalue weighted by molar-refractivity contribution is 9.10. The third-order valence-electron chi connectivity index (χ3n) is 2.24. The number of hydrogen-bond donors (Lipinski definition) is 1. The molecule has 0 radical (unpaired) electrons. The number of ether oxygens (including phenoxy) is 1. The Morgan fingerprint density at radius 1 is 1.27 bits per heavy atom. The zero-order chi connectivity index (χ0) is 10.8. The first-order valence-electron chi connectivity index (χ1n) is 4.57. The van der Waals surface area contributed by atoms with Crippen LogP contribution >= 0.6 is 15.9 Å². The van der Waals surface area contributed by atoms with Crippen molar-refractivity contribution >= 4 is 32.7 Å². The number of pyridine rings is 1. The van der Waals surface area contributed by atoms with E-state index in [1.807, 2.05) is 31.3 Å². The van der Waals surface area contributed by atoms with Gasteiger partial charge < -0.3 is 10.1 Å². The average Bonchev–Trinajstić information content (AvgIpc) is 2.29. The summed E-state index contributed by atoms with van der Waals surface area (Å²) in [7, 11) is 3.51. The number of anilines is 1. The molecule has 1 heterocycles. The SMILES string of the molecule is CNc1ccc2c(OC)ccc(Br)c2n1. The molecule has 0 amide bonds. The van der Waals surface area contributed by atoms with E-state index in [0.29, 0.717) is 0 Å². The summed E-state index contributed by atoms with van der Waals surface area (Å²) in [5.74, 6) is 1.68. The Labute approximate surface area is 96.6 Å². The van der Waals surface area contributed by atoms with E-state index in [9.17, 15) is 0 Å². The number of fused-ring (bicyclic) bond motifs is 1.